The molecule has 0 aliphatic heterocycles. The minimum absolute atomic E-state index is 0.102. The molecule has 19 heavy (non-hydrogen) atoms. The van der Waals surface area contributed by atoms with Gasteiger partial charge in [-0.05, 0) is 32.0 Å². The van der Waals surface area contributed by atoms with Gasteiger partial charge < -0.3 is 15.5 Å². The quantitative estimate of drug-likeness (QED) is 0.732. The van der Waals surface area contributed by atoms with Crippen LogP contribution in [0, 0.1) is 6.92 Å². The maximum atomic E-state index is 9.76. The summed E-state index contributed by atoms with van der Waals surface area (Å²) >= 11 is 0. The molecule has 2 rings (SSSR count). The summed E-state index contributed by atoms with van der Waals surface area (Å²) in [4.78, 5) is 8.42. The van der Waals surface area contributed by atoms with Gasteiger partial charge in [-0.2, -0.15) is 0 Å². The van der Waals surface area contributed by atoms with Crippen molar-refractivity contribution in [3.8, 4) is 11.5 Å². The average molecular weight is 259 g/mol. The van der Waals surface area contributed by atoms with Gasteiger partial charge >= 0.3 is 0 Å². The number of nitrogens with zero attached hydrogens (tertiary/aromatic N) is 2. The first-order chi connectivity index (χ1) is 9.06. The van der Waals surface area contributed by atoms with Crippen molar-refractivity contribution in [1.82, 2.24) is 15.3 Å². The zero-order valence-electron chi connectivity index (χ0n) is 11.0. The summed E-state index contributed by atoms with van der Waals surface area (Å²) in [5, 5.41) is 22.4. The van der Waals surface area contributed by atoms with Gasteiger partial charge in [0.2, 0.25) is 0 Å². The molecule has 1 unspecified atom stereocenters. The maximum Gasteiger partial charge on any atom is 0.120 e. The van der Waals surface area contributed by atoms with E-state index < -0.39 is 0 Å². The first kappa shape index (κ1) is 13.3. The summed E-state index contributed by atoms with van der Waals surface area (Å²) in [5.74, 6) is 0.296. The van der Waals surface area contributed by atoms with Crippen LogP contribution in [0.3, 0.4) is 0 Å². The number of rotatable bonds is 4. The van der Waals surface area contributed by atoms with Gasteiger partial charge in [-0.1, -0.05) is 0 Å². The van der Waals surface area contributed by atoms with E-state index in [1.807, 2.05) is 13.8 Å². The van der Waals surface area contributed by atoms with E-state index in [1.54, 1.807) is 18.5 Å². The summed E-state index contributed by atoms with van der Waals surface area (Å²) < 4.78 is 0. The van der Waals surface area contributed by atoms with Crippen molar-refractivity contribution in [2.24, 2.45) is 0 Å². The minimum atomic E-state index is -0.102. The van der Waals surface area contributed by atoms with Crippen molar-refractivity contribution in [1.29, 1.82) is 0 Å². The van der Waals surface area contributed by atoms with Crippen LogP contribution < -0.4 is 5.32 Å². The van der Waals surface area contributed by atoms with Gasteiger partial charge in [0.05, 0.1) is 11.4 Å². The number of hydrogen-bond acceptors (Lipinski definition) is 5. The summed E-state index contributed by atoms with van der Waals surface area (Å²) in [6.07, 6.45) is 3.44. The molecule has 0 amide bonds. The summed E-state index contributed by atoms with van der Waals surface area (Å²) in [6, 6.07) is 4.38. The standard InChI is InChI=1S/C14H17N3O2/c1-9-6-17-11(7-15-9)8-16-10(2)13-5-12(18)3-4-14(13)19/h3-7,10,16,18-19H,8H2,1-2H3. The molecule has 0 fully saturated rings. The molecule has 0 bridgehead atoms. The topological polar surface area (TPSA) is 78.3 Å². The van der Waals surface area contributed by atoms with E-state index in [2.05, 4.69) is 15.3 Å². The van der Waals surface area contributed by atoms with Gasteiger partial charge in [0.25, 0.3) is 0 Å². The molecule has 0 spiro atoms. The molecular weight excluding hydrogens is 242 g/mol. The molecule has 0 aliphatic rings. The third kappa shape index (κ3) is 3.42. The number of phenols is 2. The van der Waals surface area contributed by atoms with E-state index in [0.29, 0.717) is 12.1 Å². The van der Waals surface area contributed by atoms with Gasteiger partial charge in [-0.25, -0.2) is 0 Å². The Bertz CT molecular complexity index is 555. The molecule has 1 aromatic heterocycles. The lowest BCUT2D eigenvalue weighted by molar-refractivity contribution is 0.440. The molecule has 100 valence electrons. The largest absolute Gasteiger partial charge is 0.508 e. The normalized spacial score (nSPS) is 12.3. The van der Waals surface area contributed by atoms with Crippen LogP contribution in [0.25, 0.3) is 0 Å². The second-order valence-corrected chi connectivity index (χ2v) is 4.49. The molecule has 0 radical (unpaired) electrons. The molecule has 5 nitrogen and oxygen atoms in total. The van der Waals surface area contributed by atoms with Crippen LogP contribution in [0.4, 0.5) is 0 Å². The smallest absolute Gasteiger partial charge is 0.120 e. The van der Waals surface area contributed by atoms with Gasteiger partial charge in [-0.15, -0.1) is 0 Å². The molecule has 1 aromatic carbocycles. The van der Waals surface area contributed by atoms with Crippen LogP contribution in [0.1, 0.15) is 29.9 Å². The van der Waals surface area contributed by atoms with Crippen LogP contribution in [0.5, 0.6) is 11.5 Å². The van der Waals surface area contributed by atoms with E-state index in [0.717, 1.165) is 11.4 Å². The lowest BCUT2D eigenvalue weighted by Gasteiger charge is -2.15. The highest BCUT2D eigenvalue weighted by Gasteiger charge is 2.11. The Morgan fingerprint density at radius 3 is 2.68 bits per heavy atom. The van der Waals surface area contributed by atoms with Crippen molar-refractivity contribution >= 4 is 0 Å². The van der Waals surface area contributed by atoms with Crippen LogP contribution >= 0.6 is 0 Å². The fourth-order valence-corrected chi connectivity index (χ4v) is 1.77. The van der Waals surface area contributed by atoms with Crippen LogP contribution in [-0.2, 0) is 6.54 Å². The maximum absolute atomic E-state index is 9.76. The second kappa shape index (κ2) is 5.67. The monoisotopic (exact) mass is 259 g/mol. The van der Waals surface area contributed by atoms with Crippen LogP contribution in [0.2, 0.25) is 0 Å². The van der Waals surface area contributed by atoms with E-state index in [9.17, 15) is 10.2 Å². The summed E-state index contributed by atoms with van der Waals surface area (Å²) in [6.45, 7) is 4.34. The molecule has 0 saturated carbocycles. The number of aromatic hydroxyl groups is 2. The Kier molecular flexibility index (Phi) is 3.97. The number of benzene rings is 1. The molecule has 1 heterocycles. The zero-order chi connectivity index (χ0) is 13.8. The molecule has 2 aromatic rings. The third-order valence-electron chi connectivity index (χ3n) is 2.90. The van der Waals surface area contributed by atoms with Crippen LogP contribution in [0.15, 0.2) is 30.6 Å². The molecular formula is C14H17N3O2. The minimum Gasteiger partial charge on any atom is -0.508 e. The fraction of sp³-hybridized carbons (Fsp3) is 0.286. The summed E-state index contributed by atoms with van der Waals surface area (Å²) in [7, 11) is 0. The van der Waals surface area contributed by atoms with Crippen molar-refractivity contribution < 1.29 is 10.2 Å². The van der Waals surface area contributed by atoms with Crippen LogP contribution in [-0.4, -0.2) is 20.2 Å². The number of nitrogens with one attached hydrogen (secondary N) is 1. The van der Waals surface area contributed by atoms with Gasteiger partial charge in [-0.3, -0.25) is 9.97 Å². The highest BCUT2D eigenvalue weighted by atomic mass is 16.3. The van der Waals surface area contributed by atoms with E-state index in [-0.39, 0.29) is 17.5 Å². The number of aromatic nitrogens is 2. The van der Waals surface area contributed by atoms with Gasteiger partial charge in [0, 0.05) is 30.5 Å². The Balaban J connectivity index is 2.03. The first-order valence-electron chi connectivity index (χ1n) is 6.09. The third-order valence-corrected chi connectivity index (χ3v) is 2.90. The number of hydrogen-bond donors (Lipinski definition) is 3. The van der Waals surface area contributed by atoms with E-state index >= 15 is 0 Å². The highest BCUT2D eigenvalue weighted by molar-refractivity contribution is 5.40. The Morgan fingerprint density at radius 1 is 1.21 bits per heavy atom. The molecule has 3 N–H and O–H groups in total. The molecule has 5 heteroatoms. The van der Waals surface area contributed by atoms with Gasteiger partial charge in [0.15, 0.2) is 0 Å². The highest BCUT2D eigenvalue weighted by Crippen LogP contribution is 2.27. The van der Waals surface area contributed by atoms with E-state index in [4.69, 9.17) is 0 Å². The van der Waals surface area contributed by atoms with Crippen molar-refractivity contribution in [3.05, 3.63) is 47.5 Å². The predicted molar refractivity (Wildman–Crippen MR) is 71.8 cm³/mol. The molecule has 0 aliphatic carbocycles. The van der Waals surface area contributed by atoms with Crippen molar-refractivity contribution in [2.45, 2.75) is 26.4 Å². The predicted octanol–water partition coefficient (Wildman–Crippen LogP) is 2.05. The average Bonchev–Trinajstić information content (AvgIpc) is 2.40. The first-order valence-corrected chi connectivity index (χ1v) is 6.09. The van der Waals surface area contributed by atoms with Gasteiger partial charge in [0.1, 0.15) is 11.5 Å². The Morgan fingerprint density at radius 2 is 2.00 bits per heavy atom. The summed E-state index contributed by atoms with van der Waals surface area (Å²) in [5.41, 5.74) is 2.36. The molecule has 1 atom stereocenters. The van der Waals surface area contributed by atoms with Crippen molar-refractivity contribution in [3.63, 3.8) is 0 Å². The molecule has 0 saturated heterocycles. The fourth-order valence-electron chi connectivity index (χ4n) is 1.77. The second-order valence-electron chi connectivity index (χ2n) is 4.49. The number of aryl methyl sites for hydroxylation is 1. The lowest BCUT2D eigenvalue weighted by Crippen LogP contribution is -2.19. The SMILES string of the molecule is Cc1cnc(CNC(C)c2cc(O)ccc2O)cn1. The number of phenolic OH excluding ortho intramolecular Hbond substituents is 2. The van der Waals surface area contributed by atoms with E-state index in [1.165, 1.54) is 12.1 Å². The zero-order valence-corrected chi connectivity index (χ0v) is 11.0. The lowest BCUT2D eigenvalue weighted by atomic mass is 10.1. The Labute approximate surface area is 112 Å². The Hall–Kier alpha value is -2.14. The van der Waals surface area contributed by atoms with Crippen molar-refractivity contribution in [2.75, 3.05) is 0 Å².